The van der Waals surface area contributed by atoms with Crippen LogP contribution in [0.3, 0.4) is 0 Å². The molecule has 0 saturated carbocycles. The number of rotatable bonds is 3. The van der Waals surface area contributed by atoms with Crippen LogP contribution in [0.15, 0.2) is 11.1 Å². The number of sulfone groups is 1. The summed E-state index contributed by atoms with van der Waals surface area (Å²) in [6.45, 7) is 0.701. The van der Waals surface area contributed by atoms with Gasteiger partial charge in [-0.25, -0.2) is 17.6 Å². The summed E-state index contributed by atoms with van der Waals surface area (Å²) < 4.78 is 79.0. The SMILES string of the molecule is Cn1nc(C(F)(F)F)cc1S(=O)(=O)[C@@](C)(F)C1CCN(C(=O)O)CC1. The molecule has 2 heterocycles. The first-order chi connectivity index (χ1) is 11.3. The van der Waals surface area contributed by atoms with E-state index in [0.717, 1.165) is 18.9 Å². The molecule has 1 atom stereocenters. The molecule has 1 N–H and O–H groups in total. The molecular weight excluding hydrogens is 370 g/mol. The van der Waals surface area contributed by atoms with E-state index in [4.69, 9.17) is 5.11 Å². The zero-order chi connectivity index (χ0) is 19.2. The van der Waals surface area contributed by atoms with Gasteiger partial charge in [-0.05, 0) is 19.8 Å². The standard InChI is InChI=1S/C13H17F4N3O4S/c1-12(14,8-3-5-20(6-4-8)11(21)22)25(23,24)10-7-9(13(15,16)17)18-19(10)2/h7-8H,3-6H2,1-2H3,(H,21,22)/t12-/m1/s1. The summed E-state index contributed by atoms with van der Waals surface area (Å²) in [5.74, 6) is -1.04. The van der Waals surface area contributed by atoms with Gasteiger partial charge in [0.05, 0.1) is 0 Å². The molecule has 1 fully saturated rings. The van der Waals surface area contributed by atoms with Crippen molar-refractivity contribution < 1.29 is 35.9 Å². The van der Waals surface area contributed by atoms with Crippen LogP contribution in [0.5, 0.6) is 0 Å². The van der Waals surface area contributed by atoms with Crippen molar-refractivity contribution in [2.24, 2.45) is 13.0 Å². The topological polar surface area (TPSA) is 92.5 Å². The fraction of sp³-hybridized carbons (Fsp3) is 0.692. The van der Waals surface area contributed by atoms with E-state index in [2.05, 4.69) is 5.10 Å². The van der Waals surface area contributed by atoms with Crippen LogP contribution in [-0.4, -0.2) is 52.4 Å². The van der Waals surface area contributed by atoms with E-state index >= 15 is 4.39 Å². The predicted octanol–water partition coefficient (Wildman–Crippen LogP) is 2.29. The van der Waals surface area contributed by atoms with Gasteiger partial charge in [0.1, 0.15) is 0 Å². The van der Waals surface area contributed by atoms with Gasteiger partial charge in [0.2, 0.25) is 14.8 Å². The van der Waals surface area contributed by atoms with Crippen LogP contribution in [-0.2, 0) is 23.1 Å². The van der Waals surface area contributed by atoms with Crippen LogP contribution in [0.2, 0.25) is 0 Å². The average Bonchev–Trinajstić information content (AvgIpc) is 2.90. The van der Waals surface area contributed by atoms with Crippen LogP contribution in [0.4, 0.5) is 22.4 Å². The Labute approximate surface area is 141 Å². The number of hydrogen-bond donors (Lipinski definition) is 1. The summed E-state index contributed by atoms with van der Waals surface area (Å²) in [5.41, 5.74) is -1.43. The van der Waals surface area contributed by atoms with Crippen LogP contribution < -0.4 is 0 Å². The molecule has 7 nitrogen and oxygen atoms in total. The van der Waals surface area contributed by atoms with Crippen molar-refractivity contribution in [3.8, 4) is 0 Å². The van der Waals surface area contributed by atoms with E-state index in [0.29, 0.717) is 10.7 Å². The number of carbonyl (C=O) groups is 1. The van der Waals surface area contributed by atoms with Gasteiger partial charge in [0, 0.05) is 32.1 Å². The first kappa shape index (κ1) is 19.5. The number of hydrogen-bond acceptors (Lipinski definition) is 4. The highest BCUT2D eigenvalue weighted by molar-refractivity contribution is 7.92. The van der Waals surface area contributed by atoms with Crippen LogP contribution >= 0.6 is 0 Å². The van der Waals surface area contributed by atoms with Gasteiger partial charge in [0.15, 0.2) is 10.7 Å². The van der Waals surface area contributed by atoms with Crippen molar-refractivity contribution in [2.45, 2.75) is 36.0 Å². The van der Waals surface area contributed by atoms with E-state index in [1.54, 1.807) is 0 Å². The lowest BCUT2D eigenvalue weighted by molar-refractivity contribution is -0.141. The van der Waals surface area contributed by atoms with Gasteiger partial charge < -0.3 is 10.0 Å². The second-order valence-electron chi connectivity index (χ2n) is 6.02. The van der Waals surface area contributed by atoms with Crippen molar-refractivity contribution >= 4 is 15.9 Å². The number of nitrogens with zero attached hydrogens (tertiary/aromatic N) is 3. The Kier molecular flexibility index (Phi) is 4.79. The van der Waals surface area contributed by atoms with Crippen molar-refractivity contribution in [1.82, 2.24) is 14.7 Å². The van der Waals surface area contributed by atoms with E-state index < -0.39 is 43.7 Å². The summed E-state index contributed by atoms with van der Waals surface area (Å²) in [6.07, 6.45) is -6.15. The highest BCUT2D eigenvalue weighted by Gasteiger charge is 2.50. The van der Waals surface area contributed by atoms with Crippen LogP contribution in [0.25, 0.3) is 0 Å². The number of halogens is 4. The molecule has 1 aromatic rings. The van der Waals surface area contributed by atoms with E-state index in [1.807, 2.05) is 0 Å². The maximum Gasteiger partial charge on any atom is 0.435 e. The molecule has 0 aliphatic carbocycles. The Balaban J connectivity index is 2.32. The first-order valence-corrected chi connectivity index (χ1v) is 8.79. The highest BCUT2D eigenvalue weighted by atomic mass is 32.2. The molecule has 0 bridgehead atoms. The first-order valence-electron chi connectivity index (χ1n) is 7.31. The normalized spacial score (nSPS) is 19.7. The molecule has 1 aliphatic heterocycles. The monoisotopic (exact) mass is 387 g/mol. The third kappa shape index (κ3) is 3.44. The molecule has 25 heavy (non-hydrogen) atoms. The molecular formula is C13H17F4N3O4S. The number of aromatic nitrogens is 2. The lowest BCUT2D eigenvalue weighted by atomic mass is 9.92. The van der Waals surface area contributed by atoms with Gasteiger partial charge in [-0.1, -0.05) is 0 Å². The number of amides is 1. The van der Waals surface area contributed by atoms with Gasteiger partial charge in [0.25, 0.3) is 0 Å². The average molecular weight is 387 g/mol. The van der Waals surface area contributed by atoms with Crippen LogP contribution in [0.1, 0.15) is 25.5 Å². The lowest BCUT2D eigenvalue weighted by Crippen LogP contribution is -2.47. The molecule has 12 heteroatoms. The third-order valence-electron chi connectivity index (χ3n) is 4.42. The second-order valence-corrected chi connectivity index (χ2v) is 8.25. The minimum Gasteiger partial charge on any atom is -0.465 e. The summed E-state index contributed by atoms with van der Waals surface area (Å²) in [5, 5.41) is 8.26. The number of aryl methyl sites for hydroxylation is 1. The Hall–Kier alpha value is -1.85. The van der Waals surface area contributed by atoms with E-state index in [-0.39, 0.29) is 25.9 Å². The predicted molar refractivity (Wildman–Crippen MR) is 77.2 cm³/mol. The quantitative estimate of drug-likeness (QED) is 0.804. The third-order valence-corrected chi connectivity index (χ3v) is 6.74. The van der Waals surface area contributed by atoms with Crippen LogP contribution in [0, 0.1) is 5.92 Å². The smallest absolute Gasteiger partial charge is 0.435 e. The van der Waals surface area contributed by atoms with Crippen molar-refractivity contribution in [3.63, 3.8) is 0 Å². The molecule has 142 valence electrons. The Morgan fingerprint density at radius 3 is 2.20 bits per heavy atom. The Morgan fingerprint density at radius 1 is 1.28 bits per heavy atom. The Bertz CT molecular complexity index is 765. The molecule has 0 aromatic carbocycles. The summed E-state index contributed by atoms with van der Waals surface area (Å²) in [4.78, 5) is 11.9. The van der Waals surface area contributed by atoms with Crippen molar-refractivity contribution in [1.29, 1.82) is 0 Å². The number of piperidine rings is 1. The molecule has 2 rings (SSSR count). The molecule has 0 spiro atoms. The molecule has 1 amide bonds. The maximum absolute atomic E-state index is 15.2. The van der Waals surface area contributed by atoms with Crippen molar-refractivity contribution in [3.05, 3.63) is 11.8 Å². The minimum atomic E-state index is -4.86. The van der Waals surface area contributed by atoms with Gasteiger partial charge in [-0.15, -0.1) is 0 Å². The molecule has 1 saturated heterocycles. The fourth-order valence-corrected chi connectivity index (χ4v) is 4.59. The van der Waals surface area contributed by atoms with Gasteiger partial charge in [-0.2, -0.15) is 18.3 Å². The zero-order valence-corrected chi connectivity index (χ0v) is 14.2. The number of likely N-dealkylation sites (tertiary alicyclic amines) is 1. The second kappa shape index (κ2) is 6.15. The Morgan fingerprint density at radius 2 is 1.80 bits per heavy atom. The van der Waals surface area contributed by atoms with Gasteiger partial charge in [-0.3, -0.25) is 4.68 Å². The number of carboxylic acid groups (broad SMARTS) is 1. The van der Waals surface area contributed by atoms with E-state index in [9.17, 15) is 26.4 Å². The summed E-state index contributed by atoms with van der Waals surface area (Å²) in [7, 11) is -3.79. The zero-order valence-electron chi connectivity index (χ0n) is 13.4. The molecule has 1 aromatic heterocycles. The fourth-order valence-electron chi connectivity index (χ4n) is 2.85. The summed E-state index contributed by atoms with van der Waals surface area (Å²) in [6, 6.07) is 0.305. The largest absolute Gasteiger partial charge is 0.465 e. The summed E-state index contributed by atoms with van der Waals surface area (Å²) >= 11 is 0. The lowest BCUT2D eigenvalue weighted by Gasteiger charge is -2.36. The maximum atomic E-state index is 15.2. The minimum absolute atomic E-state index is 0.0474. The highest BCUT2D eigenvalue weighted by Crippen LogP contribution is 2.40. The van der Waals surface area contributed by atoms with Crippen molar-refractivity contribution in [2.75, 3.05) is 13.1 Å². The molecule has 0 unspecified atom stereocenters. The molecule has 1 aliphatic rings. The van der Waals surface area contributed by atoms with Gasteiger partial charge >= 0.3 is 12.3 Å². The molecule has 0 radical (unpaired) electrons. The number of alkyl halides is 4. The van der Waals surface area contributed by atoms with E-state index in [1.165, 1.54) is 0 Å².